The first-order valence-corrected chi connectivity index (χ1v) is 4.17. The molecule has 0 aliphatic rings. The van der Waals surface area contributed by atoms with E-state index < -0.39 is 0 Å². The summed E-state index contributed by atoms with van der Waals surface area (Å²) >= 11 is 1.59. The summed E-state index contributed by atoms with van der Waals surface area (Å²) in [6.07, 6.45) is 0.972. The number of hydrogen-bond donors (Lipinski definition) is 2. The third-order valence-corrected chi connectivity index (χ3v) is 2.02. The van der Waals surface area contributed by atoms with Crippen LogP contribution in [0, 0.1) is 0 Å². The van der Waals surface area contributed by atoms with Crippen LogP contribution in [-0.2, 0) is 0 Å². The van der Waals surface area contributed by atoms with E-state index in [2.05, 4.69) is 17.3 Å². The average Bonchev–Trinajstić information content (AvgIpc) is 2.43. The lowest BCUT2D eigenvalue weighted by molar-refractivity contribution is 0.528. The van der Waals surface area contributed by atoms with Gasteiger partial charge >= 0.3 is 0 Å². The Kier molecular flexibility index (Phi) is 2.80. The number of rotatable bonds is 3. The van der Waals surface area contributed by atoms with Crippen molar-refractivity contribution in [3.8, 4) is 0 Å². The lowest BCUT2D eigenvalue weighted by Gasteiger charge is -2.08. The van der Waals surface area contributed by atoms with E-state index in [1.165, 1.54) is 0 Å². The predicted octanol–water partition coefficient (Wildman–Crippen LogP) is 1.06. The van der Waals surface area contributed by atoms with Gasteiger partial charge in [-0.2, -0.15) is 0 Å². The first-order valence-electron chi connectivity index (χ1n) is 3.22. The second-order valence-corrected chi connectivity index (χ2v) is 2.76. The highest BCUT2D eigenvalue weighted by Crippen LogP contribution is 2.14. The molecule has 0 saturated heterocycles. The third kappa shape index (κ3) is 1.53. The van der Waals surface area contributed by atoms with Crippen LogP contribution < -0.4 is 11.3 Å². The Morgan fingerprint density at radius 2 is 2.70 bits per heavy atom. The van der Waals surface area contributed by atoms with Crippen molar-refractivity contribution in [1.29, 1.82) is 0 Å². The Morgan fingerprint density at radius 1 is 1.90 bits per heavy atom. The van der Waals surface area contributed by atoms with E-state index in [0.29, 0.717) is 0 Å². The fraction of sp³-hybridized carbons (Fsp3) is 0.500. The second kappa shape index (κ2) is 3.65. The van der Waals surface area contributed by atoms with Crippen molar-refractivity contribution in [1.82, 2.24) is 10.4 Å². The third-order valence-electron chi connectivity index (χ3n) is 1.42. The van der Waals surface area contributed by atoms with Crippen LogP contribution in [0.1, 0.15) is 25.1 Å². The zero-order chi connectivity index (χ0) is 7.40. The van der Waals surface area contributed by atoms with Crippen molar-refractivity contribution in [2.45, 2.75) is 19.4 Å². The summed E-state index contributed by atoms with van der Waals surface area (Å²) in [5.74, 6) is 5.29. The van der Waals surface area contributed by atoms with Gasteiger partial charge in [-0.25, -0.2) is 4.98 Å². The number of nitrogens with one attached hydrogen (secondary N) is 1. The van der Waals surface area contributed by atoms with Crippen molar-refractivity contribution < 1.29 is 0 Å². The normalized spacial score (nSPS) is 13.4. The number of nitrogens with zero attached hydrogens (tertiary/aromatic N) is 1. The molecule has 0 aromatic carbocycles. The van der Waals surface area contributed by atoms with Crippen molar-refractivity contribution in [3.63, 3.8) is 0 Å². The summed E-state index contributed by atoms with van der Waals surface area (Å²) in [5, 5.41) is 2.01. The molecule has 1 atom stereocenters. The number of thiazole rings is 1. The number of hydrazine groups is 1. The minimum atomic E-state index is 0.214. The highest BCUT2D eigenvalue weighted by molar-refractivity contribution is 7.07. The topological polar surface area (TPSA) is 50.9 Å². The molecule has 1 aromatic rings. The van der Waals surface area contributed by atoms with Crippen LogP contribution in [-0.4, -0.2) is 4.98 Å². The Morgan fingerprint density at radius 3 is 3.10 bits per heavy atom. The SMILES string of the molecule is CCC(NN)c1cscn1. The van der Waals surface area contributed by atoms with Gasteiger partial charge in [0.25, 0.3) is 0 Å². The summed E-state index contributed by atoms with van der Waals surface area (Å²) in [6, 6.07) is 0.214. The maximum atomic E-state index is 5.29. The van der Waals surface area contributed by atoms with Gasteiger partial charge in [-0.15, -0.1) is 11.3 Å². The molecule has 1 rings (SSSR count). The van der Waals surface area contributed by atoms with Crippen LogP contribution in [0.3, 0.4) is 0 Å². The molecule has 0 amide bonds. The molecule has 0 aliphatic heterocycles. The van der Waals surface area contributed by atoms with E-state index in [0.717, 1.165) is 12.1 Å². The molecule has 1 aromatic heterocycles. The fourth-order valence-electron chi connectivity index (χ4n) is 0.806. The maximum Gasteiger partial charge on any atom is 0.0795 e. The van der Waals surface area contributed by atoms with Crippen LogP contribution in [0.25, 0.3) is 0 Å². The maximum absolute atomic E-state index is 5.29. The molecule has 56 valence electrons. The van der Waals surface area contributed by atoms with E-state index >= 15 is 0 Å². The quantitative estimate of drug-likeness (QED) is 0.509. The number of aromatic nitrogens is 1. The van der Waals surface area contributed by atoms with Gasteiger partial charge in [0, 0.05) is 5.38 Å². The molecule has 0 spiro atoms. The molecule has 3 nitrogen and oxygen atoms in total. The van der Waals surface area contributed by atoms with Crippen LogP contribution in [0.4, 0.5) is 0 Å². The average molecular weight is 157 g/mol. The Balaban J connectivity index is 2.64. The van der Waals surface area contributed by atoms with Gasteiger partial charge in [0.15, 0.2) is 0 Å². The summed E-state index contributed by atoms with van der Waals surface area (Å²) < 4.78 is 0. The van der Waals surface area contributed by atoms with E-state index in [-0.39, 0.29) is 6.04 Å². The lowest BCUT2D eigenvalue weighted by atomic mass is 10.2. The van der Waals surface area contributed by atoms with Gasteiger partial charge in [0.2, 0.25) is 0 Å². The number of hydrogen-bond acceptors (Lipinski definition) is 4. The standard InChI is InChI=1S/C6H11N3S/c1-2-5(9-7)6-3-10-4-8-6/h3-5,9H,2,7H2,1H3. The fourth-order valence-corrected chi connectivity index (χ4v) is 1.41. The van der Waals surface area contributed by atoms with Gasteiger partial charge in [0.05, 0.1) is 17.2 Å². The molecule has 1 unspecified atom stereocenters. The van der Waals surface area contributed by atoms with E-state index in [1.54, 1.807) is 11.3 Å². The first-order chi connectivity index (χ1) is 4.88. The molecule has 0 saturated carbocycles. The molecule has 1 heterocycles. The van der Waals surface area contributed by atoms with E-state index in [1.807, 2.05) is 10.9 Å². The summed E-state index contributed by atoms with van der Waals surface area (Å²) in [6.45, 7) is 2.07. The summed E-state index contributed by atoms with van der Waals surface area (Å²) in [7, 11) is 0. The van der Waals surface area contributed by atoms with Crippen LogP contribution in [0.15, 0.2) is 10.9 Å². The zero-order valence-corrected chi connectivity index (χ0v) is 6.69. The Hall–Kier alpha value is -0.450. The Labute approximate surface area is 64.2 Å². The highest BCUT2D eigenvalue weighted by Gasteiger charge is 2.06. The Bertz CT molecular complexity index is 169. The monoisotopic (exact) mass is 157 g/mol. The molecule has 4 heteroatoms. The minimum Gasteiger partial charge on any atom is -0.271 e. The van der Waals surface area contributed by atoms with Crippen molar-refractivity contribution in [2.75, 3.05) is 0 Å². The van der Waals surface area contributed by atoms with Crippen LogP contribution in [0.5, 0.6) is 0 Å². The van der Waals surface area contributed by atoms with Crippen molar-refractivity contribution >= 4 is 11.3 Å². The first kappa shape index (κ1) is 7.65. The van der Waals surface area contributed by atoms with Crippen LogP contribution >= 0.6 is 11.3 Å². The molecule has 3 N–H and O–H groups in total. The van der Waals surface area contributed by atoms with Gasteiger partial charge in [-0.3, -0.25) is 11.3 Å². The van der Waals surface area contributed by atoms with Gasteiger partial charge < -0.3 is 0 Å². The molecular weight excluding hydrogens is 146 g/mol. The molecule has 0 fully saturated rings. The lowest BCUT2D eigenvalue weighted by Crippen LogP contribution is -2.27. The smallest absolute Gasteiger partial charge is 0.0795 e. The zero-order valence-electron chi connectivity index (χ0n) is 5.87. The van der Waals surface area contributed by atoms with E-state index in [9.17, 15) is 0 Å². The van der Waals surface area contributed by atoms with Crippen molar-refractivity contribution in [3.05, 3.63) is 16.6 Å². The van der Waals surface area contributed by atoms with Crippen molar-refractivity contribution in [2.24, 2.45) is 5.84 Å². The van der Waals surface area contributed by atoms with Crippen LogP contribution in [0.2, 0.25) is 0 Å². The van der Waals surface area contributed by atoms with Gasteiger partial charge in [-0.05, 0) is 6.42 Å². The summed E-state index contributed by atoms with van der Waals surface area (Å²) in [5.41, 5.74) is 5.55. The van der Waals surface area contributed by atoms with E-state index in [4.69, 9.17) is 5.84 Å². The number of nitrogens with two attached hydrogens (primary N) is 1. The summed E-state index contributed by atoms with van der Waals surface area (Å²) in [4.78, 5) is 4.13. The molecule has 0 bridgehead atoms. The molecule has 10 heavy (non-hydrogen) atoms. The largest absolute Gasteiger partial charge is 0.271 e. The second-order valence-electron chi connectivity index (χ2n) is 2.04. The minimum absolute atomic E-state index is 0.214. The van der Waals surface area contributed by atoms with Gasteiger partial charge in [-0.1, -0.05) is 6.92 Å². The molecule has 0 radical (unpaired) electrons. The highest BCUT2D eigenvalue weighted by atomic mass is 32.1. The molecule has 0 aliphatic carbocycles. The predicted molar refractivity (Wildman–Crippen MR) is 42.5 cm³/mol. The molecular formula is C6H11N3S. The van der Waals surface area contributed by atoms with Gasteiger partial charge in [0.1, 0.15) is 0 Å².